The maximum atomic E-state index is 14.3. The van der Waals surface area contributed by atoms with Crippen molar-refractivity contribution in [1.82, 2.24) is 5.32 Å². The molecule has 4 aliphatic rings. The highest BCUT2D eigenvalue weighted by atomic mass is 16.7. The number of carbonyl (C=O) groups excluding carboxylic acids is 1. The van der Waals surface area contributed by atoms with Gasteiger partial charge < -0.3 is 58.9 Å². The largest absolute Gasteiger partial charge is 0.488 e. The van der Waals surface area contributed by atoms with Crippen LogP contribution in [-0.4, -0.2) is 124 Å². The number of fused-ring (bicyclic) bond motifs is 2. The number of ether oxygens (including phenoxy) is 7. The summed E-state index contributed by atoms with van der Waals surface area (Å²) in [5.41, 5.74) is -2.95. The first-order valence-corrected chi connectivity index (χ1v) is 19.0. The zero-order valence-corrected chi connectivity index (χ0v) is 32.9. The van der Waals surface area contributed by atoms with Crippen LogP contribution in [0.5, 0.6) is 0 Å². The average molecular weight is 730 g/mol. The van der Waals surface area contributed by atoms with Gasteiger partial charge in [0.15, 0.2) is 12.6 Å². The molecule has 5 N–H and O–H groups in total. The van der Waals surface area contributed by atoms with E-state index in [4.69, 9.17) is 33.2 Å². The van der Waals surface area contributed by atoms with Crippen molar-refractivity contribution in [2.75, 3.05) is 13.7 Å². The molecule has 51 heavy (non-hydrogen) atoms. The standard InChI is InChI=1S/C38H67NO12/c1-13-15-39-25-16-20(4)46-35(28(25)41)50-32-22(6)30(48-27-18-36(9,45-12)31(42)24(8)47-27)23(7)34(43)49-33(38(11,44)26(40)14-2)21(5)29-19(3)17-37(32,10)51-29/h20-28,30-33,35,39-42,44H,13-18H2,1-12H3/t20?,21-,22-,23+,24?,25?,26-,27-,28?,30-,31-,32+,33+,35-,36?,37+,38+/m0/s1. The van der Waals surface area contributed by atoms with Gasteiger partial charge in [0.05, 0.1) is 41.9 Å². The maximum Gasteiger partial charge on any atom is 0.311 e. The summed E-state index contributed by atoms with van der Waals surface area (Å²) in [5, 5.41) is 48.7. The molecule has 4 rings (SSSR count). The highest BCUT2D eigenvalue weighted by Gasteiger charge is 2.56. The topological polar surface area (TPSA) is 175 Å². The van der Waals surface area contributed by atoms with Gasteiger partial charge in [0.1, 0.15) is 41.4 Å². The Hall–Kier alpha value is -1.39. The van der Waals surface area contributed by atoms with E-state index in [1.54, 1.807) is 27.7 Å². The van der Waals surface area contributed by atoms with Crippen LogP contribution in [0.25, 0.3) is 0 Å². The van der Waals surface area contributed by atoms with Gasteiger partial charge in [0, 0.05) is 31.9 Å². The maximum absolute atomic E-state index is 14.3. The van der Waals surface area contributed by atoms with Crippen molar-refractivity contribution in [2.24, 2.45) is 17.8 Å². The molecule has 0 spiro atoms. The molecular weight excluding hydrogens is 662 g/mol. The second kappa shape index (κ2) is 16.5. The summed E-state index contributed by atoms with van der Waals surface area (Å²) in [7, 11) is 1.53. The van der Waals surface area contributed by atoms with Crippen molar-refractivity contribution in [2.45, 2.75) is 193 Å². The number of hydrogen-bond donors (Lipinski definition) is 5. The molecular formula is C38H67NO12. The average Bonchev–Trinajstić information content (AvgIpc) is 3.39. The molecule has 3 saturated heterocycles. The lowest BCUT2D eigenvalue weighted by atomic mass is 9.78. The van der Waals surface area contributed by atoms with Gasteiger partial charge in [-0.2, -0.15) is 0 Å². The molecule has 0 amide bonds. The molecule has 5 unspecified atom stereocenters. The summed E-state index contributed by atoms with van der Waals surface area (Å²) in [4.78, 5) is 14.3. The molecule has 0 aromatic heterocycles. The molecule has 13 heteroatoms. The minimum atomic E-state index is -1.82. The van der Waals surface area contributed by atoms with Gasteiger partial charge in [0.25, 0.3) is 0 Å². The molecule has 0 aromatic rings. The molecule has 296 valence electrons. The van der Waals surface area contributed by atoms with E-state index in [0.717, 1.165) is 18.5 Å². The molecule has 0 aromatic carbocycles. The number of carbonyl (C=O) groups is 1. The molecule has 0 radical (unpaired) electrons. The summed E-state index contributed by atoms with van der Waals surface area (Å²) < 4.78 is 44.9. The Balaban J connectivity index is 1.81. The predicted octanol–water partition coefficient (Wildman–Crippen LogP) is 3.33. The molecule has 17 atom stereocenters. The normalized spacial score (nSPS) is 45.7. The van der Waals surface area contributed by atoms with Crippen molar-refractivity contribution >= 4 is 5.97 Å². The molecule has 2 bridgehead atoms. The fourth-order valence-electron chi connectivity index (χ4n) is 8.77. The van der Waals surface area contributed by atoms with Crippen LogP contribution < -0.4 is 5.32 Å². The Kier molecular flexibility index (Phi) is 13.7. The first kappa shape index (κ1) is 42.4. The van der Waals surface area contributed by atoms with Gasteiger partial charge in [-0.25, -0.2) is 0 Å². The molecule has 3 fully saturated rings. The number of aliphatic hydroxyl groups excluding tert-OH is 3. The monoisotopic (exact) mass is 729 g/mol. The number of esters is 1. The minimum Gasteiger partial charge on any atom is -0.488 e. The lowest BCUT2D eigenvalue weighted by Gasteiger charge is -2.48. The van der Waals surface area contributed by atoms with E-state index in [-0.39, 0.29) is 25.0 Å². The SMILES string of the molecule is CCCNC1CC(C)O[C@@H](O[C@@H]2[C@@H](C)[C@H](O[C@H]3CC(C)(OC)[C@@H](O)C(C)O3)[C@@H](C)C(=O)O[C@@H]([C@](C)(O)[C@@H](O)CC)[C@@H](C)C3=C(C)C[C@@]2(C)O3)C1O. The number of rotatable bonds is 11. The van der Waals surface area contributed by atoms with E-state index in [0.29, 0.717) is 18.6 Å². The zero-order valence-electron chi connectivity index (χ0n) is 32.9. The number of nitrogens with one attached hydrogen (secondary N) is 1. The van der Waals surface area contributed by atoms with E-state index >= 15 is 0 Å². The fraction of sp³-hybridized carbons (Fsp3) is 0.921. The van der Waals surface area contributed by atoms with Gasteiger partial charge in [-0.1, -0.05) is 27.7 Å². The van der Waals surface area contributed by atoms with E-state index in [9.17, 15) is 25.2 Å². The lowest BCUT2D eigenvalue weighted by Crippen LogP contribution is -2.60. The van der Waals surface area contributed by atoms with Crippen molar-refractivity contribution in [3.05, 3.63) is 11.3 Å². The van der Waals surface area contributed by atoms with E-state index < -0.39 is 95.8 Å². The highest BCUT2D eigenvalue weighted by molar-refractivity contribution is 5.73. The van der Waals surface area contributed by atoms with Crippen LogP contribution in [0.15, 0.2) is 11.3 Å². The summed E-state index contributed by atoms with van der Waals surface area (Å²) in [6.07, 6.45) is -6.37. The van der Waals surface area contributed by atoms with Gasteiger partial charge in [-0.15, -0.1) is 0 Å². The second-order valence-corrected chi connectivity index (χ2v) is 16.4. The van der Waals surface area contributed by atoms with Gasteiger partial charge >= 0.3 is 5.97 Å². The van der Waals surface area contributed by atoms with Crippen LogP contribution >= 0.6 is 0 Å². The third-order valence-corrected chi connectivity index (χ3v) is 12.0. The van der Waals surface area contributed by atoms with Gasteiger partial charge in [-0.05, 0) is 79.8 Å². The van der Waals surface area contributed by atoms with Crippen LogP contribution in [0.4, 0.5) is 0 Å². The molecule has 0 saturated carbocycles. The van der Waals surface area contributed by atoms with Crippen LogP contribution in [0.3, 0.4) is 0 Å². The third kappa shape index (κ3) is 8.63. The predicted molar refractivity (Wildman–Crippen MR) is 188 cm³/mol. The highest BCUT2D eigenvalue weighted by Crippen LogP contribution is 2.48. The summed E-state index contributed by atoms with van der Waals surface area (Å²) in [6, 6.07) is -0.256. The van der Waals surface area contributed by atoms with Crippen molar-refractivity contribution in [1.29, 1.82) is 0 Å². The first-order chi connectivity index (χ1) is 23.7. The number of methoxy groups -OCH3 is 1. The Morgan fingerprint density at radius 2 is 1.73 bits per heavy atom. The van der Waals surface area contributed by atoms with Crippen LogP contribution in [0.1, 0.15) is 108 Å². The van der Waals surface area contributed by atoms with Crippen molar-refractivity contribution in [3.8, 4) is 0 Å². The Labute approximate surface area is 304 Å². The van der Waals surface area contributed by atoms with E-state index in [1.165, 1.54) is 14.0 Å². The van der Waals surface area contributed by atoms with Gasteiger partial charge in [0.2, 0.25) is 0 Å². The van der Waals surface area contributed by atoms with Crippen LogP contribution in [0, 0.1) is 17.8 Å². The fourth-order valence-corrected chi connectivity index (χ4v) is 8.77. The molecule has 13 nitrogen and oxygen atoms in total. The summed E-state index contributed by atoms with van der Waals surface area (Å²) in [6.45, 7) is 20.8. The molecule has 0 aliphatic carbocycles. The second-order valence-electron chi connectivity index (χ2n) is 16.4. The first-order valence-electron chi connectivity index (χ1n) is 19.0. The van der Waals surface area contributed by atoms with E-state index in [1.807, 2.05) is 34.6 Å². The molecule has 4 aliphatic heterocycles. The van der Waals surface area contributed by atoms with Crippen molar-refractivity contribution in [3.63, 3.8) is 0 Å². The van der Waals surface area contributed by atoms with Crippen molar-refractivity contribution < 1.29 is 58.4 Å². The zero-order chi connectivity index (χ0) is 38.2. The van der Waals surface area contributed by atoms with Crippen LogP contribution in [-0.2, 0) is 38.0 Å². The van der Waals surface area contributed by atoms with Crippen LogP contribution in [0.2, 0.25) is 0 Å². The Morgan fingerprint density at radius 3 is 2.33 bits per heavy atom. The number of hydrogen-bond acceptors (Lipinski definition) is 13. The number of aliphatic hydroxyl groups is 4. The summed E-state index contributed by atoms with van der Waals surface area (Å²) in [5.74, 6) is -2.26. The van der Waals surface area contributed by atoms with Gasteiger partial charge in [-0.3, -0.25) is 4.79 Å². The smallest absolute Gasteiger partial charge is 0.311 e. The molecule has 4 heterocycles. The minimum absolute atomic E-state index is 0.175. The van der Waals surface area contributed by atoms with E-state index in [2.05, 4.69) is 12.2 Å². The quantitative estimate of drug-likeness (QED) is 0.196. The lowest BCUT2D eigenvalue weighted by molar-refractivity contribution is -0.314. The number of cyclic esters (lactones) is 1. The Morgan fingerprint density at radius 1 is 1.06 bits per heavy atom. The summed E-state index contributed by atoms with van der Waals surface area (Å²) >= 11 is 0. The third-order valence-electron chi connectivity index (χ3n) is 12.0. The Bertz CT molecular complexity index is 1220.